The highest BCUT2D eigenvalue weighted by atomic mass is 32.2. The molecule has 1 N–H and O–H groups in total. The monoisotopic (exact) mass is 427 g/mol. The minimum atomic E-state index is -0.840. The fourth-order valence-corrected chi connectivity index (χ4v) is 3.45. The fraction of sp³-hybridized carbons (Fsp3) is 0.100. The normalized spacial score (nSPS) is 10.9. The molecular weight excluding hydrogens is 412 g/mol. The zero-order valence-corrected chi connectivity index (χ0v) is 16.3. The topological polar surface area (TPSA) is 85.8 Å². The van der Waals surface area contributed by atoms with E-state index in [2.05, 4.69) is 20.5 Å². The Labute approximate surface area is 174 Å². The van der Waals surface area contributed by atoms with Crippen LogP contribution >= 0.6 is 11.8 Å². The zero-order valence-electron chi connectivity index (χ0n) is 15.5. The molecule has 4 aromatic rings. The molecule has 0 bridgehead atoms. The summed E-state index contributed by atoms with van der Waals surface area (Å²) >= 11 is 1.14. The summed E-state index contributed by atoms with van der Waals surface area (Å²) in [5.74, 6) is -0.783. The van der Waals surface area contributed by atoms with Gasteiger partial charge in [0.15, 0.2) is 11.0 Å². The van der Waals surface area contributed by atoms with Crippen LogP contribution in [0.1, 0.15) is 5.76 Å². The molecule has 0 aliphatic carbocycles. The maximum atomic E-state index is 13.7. The maximum absolute atomic E-state index is 13.7. The lowest BCUT2D eigenvalue weighted by Crippen LogP contribution is -2.16. The quantitative estimate of drug-likeness (QED) is 0.449. The van der Waals surface area contributed by atoms with Crippen molar-refractivity contribution < 1.29 is 18.0 Å². The summed E-state index contributed by atoms with van der Waals surface area (Å²) in [4.78, 5) is 16.4. The van der Waals surface area contributed by atoms with Crippen molar-refractivity contribution in [3.05, 3.63) is 78.5 Å². The molecule has 7 nitrogen and oxygen atoms in total. The molecule has 0 fully saturated rings. The molecule has 0 aliphatic heterocycles. The maximum Gasteiger partial charge on any atom is 0.234 e. The second-order valence-corrected chi connectivity index (χ2v) is 7.12. The van der Waals surface area contributed by atoms with Gasteiger partial charge in [-0.1, -0.05) is 11.8 Å². The van der Waals surface area contributed by atoms with Gasteiger partial charge in [-0.15, -0.1) is 10.2 Å². The van der Waals surface area contributed by atoms with Crippen molar-refractivity contribution in [1.82, 2.24) is 19.7 Å². The fourth-order valence-electron chi connectivity index (χ4n) is 2.71. The van der Waals surface area contributed by atoms with E-state index in [9.17, 15) is 13.6 Å². The van der Waals surface area contributed by atoms with E-state index < -0.39 is 17.5 Å². The number of thioether (sulfide) groups is 1. The highest BCUT2D eigenvalue weighted by Crippen LogP contribution is 2.25. The van der Waals surface area contributed by atoms with E-state index in [0.29, 0.717) is 29.4 Å². The smallest absolute Gasteiger partial charge is 0.234 e. The molecule has 0 spiro atoms. The first kappa shape index (κ1) is 19.8. The van der Waals surface area contributed by atoms with Gasteiger partial charge in [0.1, 0.15) is 17.4 Å². The summed E-state index contributed by atoms with van der Waals surface area (Å²) < 4.78 is 34.0. The number of halogens is 2. The van der Waals surface area contributed by atoms with Crippen LogP contribution in [0.15, 0.2) is 70.7 Å². The Hall–Kier alpha value is -3.53. The van der Waals surface area contributed by atoms with Crippen LogP contribution in [0.3, 0.4) is 0 Å². The summed E-state index contributed by atoms with van der Waals surface area (Å²) in [5, 5.41) is 11.3. The summed E-state index contributed by atoms with van der Waals surface area (Å²) in [5.41, 5.74) is 0.677. The summed E-state index contributed by atoms with van der Waals surface area (Å²) in [6, 6.07) is 10.2. The number of amides is 1. The number of aromatic nitrogens is 4. The molecule has 3 heterocycles. The number of nitrogens with zero attached hydrogens (tertiary/aromatic N) is 4. The lowest BCUT2D eigenvalue weighted by Gasteiger charge is -2.09. The van der Waals surface area contributed by atoms with Gasteiger partial charge in [0.25, 0.3) is 0 Å². The number of anilines is 1. The number of furan rings is 1. The Kier molecular flexibility index (Phi) is 5.84. The van der Waals surface area contributed by atoms with Crippen LogP contribution in [0, 0.1) is 11.6 Å². The number of nitrogens with one attached hydrogen (secondary N) is 1. The van der Waals surface area contributed by atoms with Gasteiger partial charge >= 0.3 is 0 Å². The first-order valence-electron chi connectivity index (χ1n) is 8.84. The van der Waals surface area contributed by atoms with Crippen LogP contribution in [0.4, 0.5) is 14.5 Å². The number of carbonyl (C=O) groups is 1. The predicted octanol–water partition coefficient (Wildman–Crippen LogP) is 3.99. The van der Waals surface area contributed by atoms with Crippen molar-refractivity contribution >= 4 is 23.4 Å². The van der Waals surface area contributed by atoms with Gasteiger partial charge in [-0.25, -0.2) is 8.78 Å². The molecular formula is C20H15F2N5O2S. The standard InChI is InChI=1S/C20H15F2N5O2S/c21-14-5-6-17(16(22)9-14)24-18(28)12-30-20-26-25-19(13-3-1-7-23-10-13)27(20)11-15-4-2-8-29-15/h1-10H,11-12H2,(H,24,28). The number of rotatable bonds is 7. The summed E-state index contributed by atoms with van der Waals surface area (Å²) in [7, 11) is 0. The predicted molar refractivity (Wildman–Crippen MR) is 107 cm³/mol. The number of hydrogen-bond acceptors (Lipinski definition) is 6. The van der Waals surface area contributed by atoms with Crippen molar-refractivity contribution in [2.45, 2.75) is 11.7 Å². The van der Waals surface area contributed by atoms with E-state index in [1.807, 2.05) is 16.7 Å². The van der Waals surface area contributed by atoms with Crippen molar-refractivity contribution in [3.8, 4) is 11.4 Å². The molecule has 0 aliphatic rings. The van der Waals surface area contributed by atoms with E-state index in [4.69, 9.17) is 4.42 Å². The SMILES string of the molecule is O=C(CSc1nnc(-c2cccnc2)n1Cc1ccco1)Nc1ccc(F)cc1F. The first-order valence-corrected chi connectivity index (χ1v) is 9.82. The van der Waals surface area contributed by atoms with Crippen molar-refractivity contribution in [1.29, 1.82) is 0 Å². The molecule has 0 saturated heterocycles. The highest BCUT2D eigenvalue weighted by Gasteiger charge is 2.17. The van der Waals surface area contributed by atoms with Crippen LogP contribution < -0.4 is 5.32 Å². The second-order valence-electron chi connectivity index (χ2n) is 6.17. The molecule has 1 aromatic carbocycles. The van der Waals surface area contributed by atoms with Crippen molar-refractivity contribution in [2.75, 3.05) is 11.1 Å². The van der Waals surface area contributed by atoms with Crippen LogP contribution in [0.25, 0.3) is 11.4 Å². The van der Waals surface area contributed by atoms with E-state index in [1.165, 1.54) is 6.07 Å². The largest absolute Gasteiger partial charge is 0.467 e. The lowest BCUT2D eigenvalue weighted by molar-refractivity contribution is -0.113. The number of carbonyl (C=O) groups excluding carboxylic acids is 1. The lowest BCUT2D eigenvalue weighted by atomic mass is 10.2. The molecule has 0 atom stereocenters. The van der Waals surface area contributed by atoms with E-state index in [-0.39, 0.29) is 11.4 Å². The van der Waals surface area contributed by atoms with Gasteiger partial charge in [-0.05, 0) is 36.4 Å². The Morgan fingerprint density at radius 3 is 2.80 bits per heavy atom. The number of benzene rings is 1. The van der Waals surface area contributed by atoms with Crippen molar-refractivity contribution in [3.63, 3.8) is 0 Å². The molecule has 1 amide bonds. The van der Waals surface area contributed by atoms with E-state index in [1.54, 1.807) is 30.8 Å². The van der Waals surface area contributed by atoms with E-state index in [0.717, 1.165) is 23.4 Å². The summed E-state index contributed by atoms with van der Waals surface area (Å²) in [6.45, 7) is 0.362. The average Bonchev–Trinajstić information content (AvgIpc) is 3.40. The number of hydrogen-bond donors (Lipinski definition) is 1. The molecule has 3 aromatic heterocycles. The Morgan fingerprint density at radius 1 is 1.17 bits per heavy atom. The van der Waals surface area contributed by atoms with Gasteiger partial charge in [0.2, 0.25) is 5.91 Å². The Balaban J connectivity index is 1.52. The van der Waals surface area contributed by atoms with Crippen LogP contribution in [-0.2, 0) is 11.3 Å². The molecule has 0 unspecified atom stereocenters. The minimum absolute atomic E-state index is 0.0415. The zero-order chi connectivity index (χ0) is 20.9. The third-order valence-electron chi connectivity index (χ3n) is 4.07. The molecule has 10 heteroatoms. The molecule has 0 saturated carbocycles. The number of pyridine rings is 1. The second kappa shape index (κ2) is 8.87. The van der Waals surface area contributed by atoms with Gasteiger partial charge in [-0.2, -0.15) is 0 Å². The van der Waals surface area contributed by atoms with Gasteiger partial charge in [0, 0.05) is 24.0 Å². The third kappa shape index (κ3) is 4.54. The van der Waals surface area contributed by atoms with Crippen LogP contribution in [-0.4, -0.2) is 31.4 Å². The van der Waals surface area contributed by atoms with E-state index >= 15 is 0 Å². The average molecular weight is 427 g/mol. The molecule has 0 radical (unpaired) electrons. The Bertz CT molecular complexity index is 1150. The first-order chi connectivity index (χ1) is 14.6. The minimum Gasteiger partial charge on any atom is -0.467 e. The third-order valence-corrected chi connectivity index (χ3v) is 5.03. The van der Waals surface area contributed by atoms with Crippen LogP contribution in [0.2, 0.25) is 0 Å². The molecule has 4 rings (SSSR count). The van der Waals surface area contributed by atoms with Crippen molar-refractivity contribution in [2.24, 2.45) is 0 Å². The highest BCUT2D eigenvalue weighted by molar-refractivity contribution is 7.99. The van der Waals surface area contributed by atoms with Gasteiger partial charge in [-0.3, -0.25) is 14.3 Å². The Morgan fingerprint density at radius 2 is 2.07 bits per heavy atom. The molecule has 152 valence electrons. The van der Waals surface area contributed by atoms with Gasteiger partial charge < -0.3 is 9.73 Å². The summed E-state index contributed by atoms with van der Waals surface area (Å²) in [6.07, 6.45) is 4.90. The molecule has 30 heavy (non-hydrogen) atoms. The van der Waals surface area contributed by atoms with Gasteiger partial charge in [0.05, 0.1) is 24.2 Å². The van der Waals surface area contributed by atoms with Crippen LogP contribution in [0.5, 0.6) is 0 Å².